The fourth-order valence-corrected chi connectivity index (χ4v) is 2.63. The number of hydrogen-bond donors (Lipinski definition) is 2. The number of nitrogens with zero attached hydrogens (tertiary/aromatic N) is 1. The molecule has 6 heteroatoms. The number of carbonyl (C=O) groups is 2. The van der Waals surface area contributed by atoms with E-state index in [1.165, 1.54) is 11.3 Å². The molecule has 5 nitrogen and oxygen atoms in total. The minimum Gasteiger partial charge on any atom is -0.478 e. The summed E-state index contributed by atoms with van der Waals surface area (Å²) in [5.74, 6) is -0.802. The number of amides is 1. The SMILES string of the molecule is CN1CCC(NCc2cc(C(=O)O)cs2)C1=O. The second-order valence-electron chi connectivity index (χ2n) is 4.09. The number of thiophene rings is 1. The molecule has 2 rings (SSSR count). The summed E-state index contributed by atoms with van der Waals surface area (Å²) in [5.41, 5.74) is 0.307. The maximum Gasteiger partial charge on any atom is 0.336 e. The molecule has 1 aliphatic rings. The van der Waals surface area contributed by atoms with E-state index in [0.29, 0.717) is 12.1 Å². The molecule has 1 saturated heterocycles. The van der Waals surface area contributed by atoms with Crippen LogP contribution in [0.15, 0.2) is 11.4 Å². The topological polar surface area (TPSA) is 69.6 Å². The molecule has 2 N–H and O–H groups in total. The minimum atomic E-state index is -0.913. The second kappa shape index (κ2) is 4.85. The van der Waals surface area contributed by atoms with Gasteiger partial charge in [-0.05, 0) is 12.5 Å². The lowest BCUT2D eigenvalue weighted by atomic mass is 10.2. The van der Waals surface area contributed by atoms with Crippen LogP contribution in [-0.4, -0.2) is 41.5 Å². The standard InChI is InChI=1S/C11H14N2O3S/c1-13-3-2-9(10(13)14)12-5-8-4-7(6-17-8)11(15)16/h4,6,9,12H,2-3,5H2,1H3,(H,15,16). The first-order valence-corrected chi connectivity index (χ1v) is 6.25. The highest BCUT2D eigenvalue weighted by atomic mass is 32.1. The van der Waals surface area contributed by atoms with Crippen LogP contribution in [0.25, 0.3) is 0 Å². The first-order valence-electron chi connectivity index (χ1n) is 5.37. The van der Waals surface area contributed by atoms with Crippen molar-refractivity contribution in [3.8, 4) is 0 Å². The van der Waals surface area contributed by atoms with Crippen LogP contribution in [0.4, 0.5) is 0 Å². The van der Waals surface area contributed by atoms with E-state index >= 15 is 0 Å². The lowest BCUT2D eigenvalue weighted by Gasteiger charge is -2.11. The van der Waals surface area contributed by atoms with E-state index in [9.17, 15) is 9.59 Å². The summed E-state index contributed by atoms with van der Waals surface area (Å²) in [4.78, 5) is 24.9. The average Bonchev–Trinajstić information content (AvgIpc) is 2.86. The van der Waals surface area contributed by atoms with Crippen molar-refractivity contribution >= 4 is 23.2 Å². The molecule has 92 valence electrons. The van der Waals surface area contributed by atoms with Crippen molar-refractivity contribution in [3.05, 3.63) is 21.9 Å². The Morgan fingerprint density at radius 2 is 2.47 bits per heavy atom. The van der Waals surface area contributed by atoms with Crippen molar-refractivity contribution in [1.29, 1.82) is 0 Å². The van der Waals surface area contributed by atoms with E-state index in [4.69, 9.17) is 5.11 Å². The molecular formula is C11H14N2O3S. The molecule has 0 aromatic carbocycles. The second-order valence-corrected chi connectivity index (χ2v) is 5.08. The Kier molecular flexibility index (Phi) is 3.44. The highest BCUT2D eigenvalue weighted by Gasteiger charge is 2.28. The van der Waals surface area contributed by atoms with E-state index in [1.807, 2.05) is 0 Å². The number of nitrogens with one attached hydrogen (secondary N) is 1. The number of hydrogen-bond acceptors (Lipinski definition) is 4. The van der Waals surface area contributed by atoms with Gasteiger partial charge in [0, 0.05) is 30.4 Å². The molecule has 1 atom stereocenters. The number of carboxylic acid groups (broad SMARTS) is 1. The van der Waals surface area contributed by atoms with Crippen LogP contribution in [0, 0.1) is 0 Å². The van der Waals surface area contributed by atoms with Crippen LogP contribution >= 0.6 is 11.3 Å². The summed E-state index contributed by atoms with van der Waals surface area (Å²) in [6, 6.07) is 1.51. The molecule has 1 aromatic heterocycles. The molecule has 0 aliphatic carbocycles. The molecule has 17 heavy (non-hydrogen) atoms. The molecule has 0 spiro atoms. The lowest BCUT2D eigenvalue weighted by molar-refractivity contribution is -0.128. The van der Waals surface area contributed by atoms with Gasteiger partial charge in [-0.25, -0.2) is 4.79 Å². The predicted octanol–water partition coefficient (Wildman–Crippen LogP) is 0.767. The largest absolute Gasteiger partial charge is 0.478 e. The summed E-state index contributed by atoms with van der Waals surface area (Å²) in [5, 5.41) is 13.5. The van der Waals surface area contributed by atoms with Gasteiger partial charge in [0.05, 0.1) is 11.6 Å². The normalized spacial score (nSPS) is 19.9. The zero-order valence-corrected chi connectivity index (χ0v) is 10.3. The third-order valence-corrected chi connectivity index (χ3v) is 3.79. The fraction of sp³-hybridized carbons (Fsp3) is 0.455. The van der Waals surface area contributed by atoms with E-state index in [-0.39, 0.29) is 11.9 Å². The quantitative estimate of drug-likeness (QED) is 0.832. The van der Waals surface area contributed by atoms with Crippen molar-refractivity contribution in [2.45, 2.75) is 19.0 Å². The molecule has 1 aromatic rings. The molecule has 2 heterocycles. The molecule has 0 bridgehead atoms. The van der Waals surface area contributed by atoms with Gasteiger partial charge in [0.2, 0.25) is 5.91 Å². The number of carboxylic acids is 1. The Morgan fingerprint density at radius 1 is 1.71 bits per heavy atom. The minimum absolute atomic E-state index is 0.111. The zero-order valence-electron chi connectivity index (χ0n) is 9.47. The summed E-state index contributed by atoms with van der Waals surface area (Å²) in [6.07, 6.45) is 0.812. The van der Waals surface area contributed by atoms with Gasteiger partial charge in [-0.3, -0.25) is 4.79 Å². The van der Waals surface area contributed by atoms with Gasteiger partial charge < -0.3 is 15.3 Å². The van der Waals surface area contributed by atoms with Gasteiger partial charge in [-0.1, -0.05) is 0 Å². The van der Waals surface area contributed by atoms with Gasteiger partial charge in [0.15, 0.2) is 0 Å². The number of carbonyl (C=O) groups excluding carboxylic acids is 1. The average molecular weight is 254 g/mol. The summed E-state index contributed by atoms with van der Waals surface area (Å²) >= 11 is 1.40. The number of likely N-dealkylation sites (N-methyl/N-ethyl adjacent to an activating group) is 1. The van der Waals surface area contributed by atoms with Crippen LogP contribution in [0.3, 0.4) is 0 Å². The molecule has 1 aliphatic heterocycles. The van der Waals surface area contributed by atoms with Crippen molar-refractivity contribution in [3.63, 3.8) is 0 Å². The molecule has 1 fully saturated rings. The highest BCUT2D eigenvalue weighted by Crippen LogP contribution is 2.16. The predicted molar refractivity (Wildman–Crippen MR) is 64.2 cm³/mol. The monoisotopic (exact) mass is 254 g/mol. The van der Waals surface area contributed by atoms with Gasteiger partial charge in [-0.15, -0.1) is 11.3 Å². The maximum atomic E-state index is 11.6. The van der Waals surface area contributed by atoms with Crippen LogP contribution in [0.2, 0.25) is 0 Å². The van der Waals surface area contributed by atoms with Crippen molar-refractivity contribution in [1.82, 2.24) is 10.2 Å². The molecule has 1 amide bonds. The van der Waals surface area contributed by atoms with Crippen LogP contribution in [-0.2, 0) is 11.3 Å². The van der Waals surface area contributed by atoms with Crippen molar-refractivity contribution < 1.29 is 14.7 Å². The zero-order chi connectivity index (χ0) is 12.4. The Balaban J connectivity index is 1.89. The van der Waals surface area contributed by atoms with Gasteiger partial charge >= 0.3 is 5.97 Å². The number of rotatable bonds is 4. The maximum absolute atomic E-state index is 11.6. The number of likely N-dealkylation sites (tertiary alicyclic amines) is 1. The molecule has 0 radical (unpaired) electrons. The molecular weight excluding hydrogens is 240 g/mol. The third kappa shape index (κ3) is 2.65. The van der Waals surface area contributed by atoms with Crippen LogP contribution < -0.4 is 5.32 Å². The lowest BCUT2D eigenvalue weighted by Crippen LogP contribution is -2.36. The smallest absolute Gasteiger partial charge is 0.336 e. The first-order chi connectivity index (χ1) is 8.08. The van der Waals surface area contributed by atoms with Gasteiger partial charge in [0.25, 0.3) is 0 Å². The van der Waals surface area contributed by atoms with E-state index < -0.39 is 5.97 Å². The van der Waals surface area contributed by atoms with E-state index in [2.05, 4.69) is 5.32 Å². The number of aromatic carboxylic acids is 1. The Morgan fingerprint density at radius 3 is 3.00 bits per heavy atom. The summed E-state index contributed by atoms with van der Waals surface area (Å²) in [7, 11) is 1.79. The van der Waals surface area contributed by atoms with Crippen molar-refractivity contribution in [2.75, 3.05) is 13.6 Å². The van der Waals surface area contributed by atoms with Crippen LogP contribution in [0.5, 0.6) is 0 Å². The Labute approximate surface area is 103 Å². The fourth-order valence-electron chi connectivity index (χ4n) is 1.82. The molecule has 0 saturated carbocycles. The summed E-state index contributed by atoms with van der Waals surface area (Å²) < 4.78 is 0. The van der Waals surface area contributed by atoms with E-state index in [1.54, 1.807) is 23.4 Å². The van der Waals surface area contributed by atoms with E-state index in [0.717, 1.165) is 17.8 Å². The molecule has 1 unspecified atom stereocenters. The third-order valence-electron chi connectivity index (χ3n) is 2.85. The van der Waals surface area contributed by atoms with Gasteiger partial charge in [-0.2, -0.15) is 0 Å². The summed E-state index contributed by atoms with van der Waals surface area (Å²) in [6.45, 7) is 1.32. The van der Waals surface area contributed by atoms with Crippen molar-refractivity contribution in [2.24, 2.45) is 0 Å². The first kappa shape index (κ1) is 12.1. The van der Waals surface area contributed by atoms with Crippen LogP contribution in [0.1, 0.15) is 21.7 Å². The Hall–Kier alpha value is -1.40. The van der Waals surface area contributed by atoms with Gasteiger partial charge in [0.1, 0.15) is 0 Å². The Bertz CT molecular complexity index is 444. The highest BCUT2D eigenvalue weighted by molar-refractivity contribution is 7.10.